The van der Waals surface area contributed by atoms with E-state index < -0.39 is 0 Å². The Bertz CT molecular complexity index is 37.8. The maximum absolute atomic E-state index is 2.28. The van der Waals surface area contributed by atoms with E-state index in [4.69, 9.17) is 0 Å². The monoisotopic (exact) mass is 165 g/mol. The van der Waals surface area contributed by atoms with Crippen LogP contribution in [0.25, 0.3) is 0 Å². The third-order valence-electron chi connectivity index (χ3n) is 1.34. The molecule has 0 aromatic rings. The summed E-state index contributed by atoms with van der Waals surface area (Å²) in [7, 11) is 0. The Morgan fingerprint density at radius 3 is 1.67 bits per heavy atom. The van der Waals surface area contributed by atoms with E-state index in [-0.39, 0.29) is 0 Å². The number of hydrogen-bond donors (Lipinski definition) is 0. The molecule has 0 unspecified atom stereocenters. The van der Waals surface area contributed by atoms with Crippen LogP contribution in [0, 0.1) is 0 Å². The molecule has 55 valence electrons. The molecule has 0 amide bonds. The first-order chi connectivity index (χ1) is 4.41. The summed E-state index contributed by atoms with van der Waals surface area (Å²) >= 11 is 0.737. The molecule has 1 heteroatoms. The van der Waals surface area contributed by atoms with Crippen molar-refractivity contribution in [3.63, 3.8) is 0 Å². The molecule has 0 nitrogen and oxygen atoms in total. The van der Waals surface area contributed by atoms with E-state index in [0.717, 1.165) is 16.3 Å². The first-order valence-electron chi connectivity index (χ1n) is 4.05. The summed E-state index contributed by atoms with van der Waals surface area (Å²) < 4.78 is 0. The second kappa shape index (κ2) is 8.58. The molecule has 0 atom stereocenters. The van der Waals surface area contributed by atoms with Gasteiger partial charge in [0.1, 0.15) is 0 Å². The first kappa shape index (κ1) is 9.58. The first-order valence-corrected chi connectivity index (χ1v) is 6.02. The van der Waals surface area contributed by atoms with Crippen LogP contribution in [0.5, 0.6) is 0 Å². The van der Waals surface area contributed by atoms with Crippen molar-refractivity contribution in [2.24, 2.45) is 0 Å². The van der Waals surface area contributed by atoms with Crippen LogP contribution >= 0.6 is 0 Å². The molecule has 9 heavy (non-hydrogen) atoms. The predicted octanol–water partition coefficient (Wildman–Crippen LogP) is 3.51. The van der Waals surface area contributed by atoms with E-state index in [1.54, 1.807) is 10.3 Å². The summed E-state index contributed by atoms with van der Waals surface area (Å²) in [6.45, 7) is 4.56. The van der Waals surface area contributed by atoms with Gasteiger partial charge in [-0.05, 0) is 0 Å². The average molecular weight is 165 g/mol. The molecule has 0 heterocycles. The molecule has 0 bridgehead atoms. The van der Waals surface area contributed by atoms with Crippen molar-refractivity contribution in [3.05, 3.63) is 0 Å². The normalized spacial score (nSPS) is 9.56. The van der Waals surface area contributed by atoms with Gasteiger partial charge in [-0.25, -0.2) is 0 Å². The molecule has 0 radical (unpaired) electrons. The molecular formula is C8H18V. The van der Waals surface area contributed by atoms with Crippen molar-refractivity contribution in [1.29, 1.82) is 0 Å². The zero-order chi connectivity index (χ0) is 6.95. The van der Waals surface area contributed by atoms with Crippen molar-refractivity contribution >= 4 is 0 Å². The third kappa shape index (κ3) is 8.58. The number of hydrogen-bond acceptors (Lipinski definition) is 0. The molecule has 0 aromatic carbocycles. The molecule has 0 aliphatic heterocycles. The minimum absolute atomic E-state index is 0.737. The SMILES string of the molecule is CCC[CH2][V][CH2]CCC. The molecule has 0 aliphatic carbocycles. The Kier molecular flexibility index (Phi) is 9.14. The minimum atomic E-state index is 0.737. The topological polar surface area (TPSA) is 0 Å². The van der Waals surface area contributed by atoms with Crippen LogP contribution in [0.15, 0.2) is 0 Å². The van der Waals surface area contributed by atoms with Gasteiger partial charge in [0.15, 0.2) is 0 Å². The summed E-state index contributed by atoms with van der Waals surface area (Å²) in [5.74, 6) is 0. The summed E-state index contributed by atoms with van der Waals surface area (Å²) in [5.41, 5.74) is 0. The van der Waals surface area contributed by atoms with Gasteiger partial charge in [0.2, 0.25) is 0 Å². The molecule has 0 fully saturated rings. The summed E-state index contributed by atoms with van der Waals surface area (Å²) in [6.07, 6.45) is 5.73. The van der Waals surface area contributed by atoms with Crippen LogP contribution in [0.4, 0.5) is 0 Å². The second-order valence-electron chi connectivity index (χ2n) is 2.38. The fourth-order valence-corrected chi connectivity index (χ4v) is 2.69. The van der Waals surface area contributed by atoms with E-state index >= 15 is 0 Å². The Morgan fingerprint density at radius 1 is 0.889 bits per heavy atom. The van der Waals surface area contributed by atoms with Crippen molar-refractivity contribution in [2.75, 3.05) is 0 Å². The number of rotatable bonds is 6. The standard InChI is InChI=1S/2C4H9.V/c2*1-3-4-2;/h2*1,3-4H2,2H3;. The summed E-state index contributed by atoms with van der Waals surface area (Å²) in [6, 6.07) is 0. The zero-order valence-electron chi connectivity index (χ0n) is 6.69. The van der Waals surface area contributed by atoms with Crippen molar-refractivity contribution in [2.45, 2.75) is 49.8 Å². The van der Waals surface area contributed by atoms with E-state index in [9.17, 15) is 0 Å². The van der Waals surface area contributed by atoms with E-state index in [1.807, 2.05) is 0 Å². The summed E-state index contributed by atoms with van der Waals surface area (Å²) in [4.78, 5) is 0. The predicted molar refractivity (Wildman–Crippen MR) is 39.4 cm³/mol. The van der Waals surface area contributed by atoms with Gasteiger partial charge in [0, 0.05) is 0 Å². The molecule has 0 aliphatic rings. The van der Waals surface area contributed by atoms with Gasteiger partial charge in [0.25, 0.3) is 0 Å². The average Bonchev–Trinajstić information content (AvgIpc) is 1.89. The Labute approximate surface area is 66.5 Å². The molecule has 0 saturated carbocycles. The zero-order valence-corrected chi connectivity index (χ0v) is 8.09. The van der Waals surface area contributed by atoms with Crippen LogP contribution in [-0.2, 0) is 16.3 Å². The second-order valence-corrected chi connectivity index (χ2v) is 4.47. The third-order valence-corrected chi connectivity index (χ3v) is 3.31. The Balaban J connectivity index is 2.60. The molecule has 0 rings (SSSR count). The van der Waals surface area contributed by atoms with Crippen LogP contribution in [0.2, 0.25) is 10.3 Å². The quantitative estimate of drug-likeness (QED) is 0.528. The van der Waals surface area contributed by atoms with E-state index in [0.29, 0.717) is 0 Å². The Morgan fingerprint density at radius 2 is 1.33 bits per heavy atom. The molecule has 0 aromatic heterocycles. The summed E-state index contributed by atoms with van der Waals surface area (Å²) in [5, 5.41) is 3.10. The van der Waals surface area contributed by atoms with Gasteiger partial charge in [-0.2, -0.15) is 0 Å². The van der Waals surface area contributed by atoms with Gasteiger partial charge < -0.3 is 0 Å². The van der Waals surface area contributed by atoms with Crippen molar-refractivity contribution in [3.8, 4) is 0 Å². The van der Waals surface area contributed by atoms with Crippen LogP contribution in [0.1, 0.15) is 39.5 Å². The maximum atomic E-state index is 2.28. The molecule has 0 N–H and O–H groups in total. The van der Waals surface area contributed by atoms with Gasteiger partial charge in [0.05, 0.1) is 0 Å². The molecular weight excluding hydrogens is 147 g/mol. The van der Waals surface area contributed by atoms with Crippen LogP contribution in [0.3, 0.4) is 0 Å². The van der Waals surface area contributed by atoms with Crippen LogP contribution < -0.4 is 0 Å². The molecule has 0 saturated heterocycles. The van der Waals surface area contributed by atoms with Gasteiger partial charge >= 0.3 is 66.1 Å². The Hall–Kier alpha value is 0.584. The fraction of sp³-hybridized carbons (Fsp3) is 1.00. The number of unbranched alkanes of at least 4 members (excludes halogenated alkanes) is 2. The van der Waals surface area contributed by atoms with Gasteiger partial charge in [-0.15, -0.1) is 0 Å². The van der Waals surface area contributed by atoms with E-state index in [1.165, 1.54) is 25.7 Å². The molecule has 0 spiro atoms. The van der Waals surface area contributed by atoms with Gasteiger partial charge in [-0.1, -0.05) is 0 Å². The van der Waals surface area contributed by atoms with E-state index in [2.05, 4.69) is 13.8 Å². The van der Waals surface area contributed by atoms with Crippen molar-refractivity contribution < 1.29 is 16.3 Å². The van der Waals surface area contributed by atoms with Gasteiger partial charge in [-0.3, -0.25) is 0 Å². The fourth-order valence-electron chi connectivity index (χ4n) is 0.652. The van der Waals surface area contributed by atoms with Crippen LogP contribution in [-0.4, -0.2) is 0 Å². The van der Waals surface area contributed by atoms with Crippen molar-refractivity contribution in [1.82, 2.24) is 0 Å².